The number of carbonyl (C=O) groups is 1. The van der Waals surface area contributed by atoms with E-state index in [1.54, 1.807) is 0 Å². The second-order valence-electron chi connectivity index (χ2n) is 4.64. The van der Waals surface area contributed by atoms with Crippen molar-refractivity contribution in [1.29, 1.82) is 0 Å². The number of hydrogen-bond donors (Lipinski definition) is 0. The fourth-order valence-corrected chi connectivity index (χ4v) is 1.87. The van der Waals surface area contributed by atoms with E-state index in [4.69, 9.17) is 4.74 Å². The molecular formula is C12H22O2. The van der Waals surface area contributed by atoms with Crippen LogP contribution < -0.4 is 0 Å². The molecule has 1 rings (SSSR count). The van der Waals surface area contributed by atoms with E-state index >= 15 is 0 Å². The van der Waals surface area contributed by atoms with E-state index in [1.807, 2.05) is 0 Å². The monoisotopic (exact) mass is 198 g/mol. The summed E-state index contributed by atoms with van der Waals surface area (Å²) < 4.78 is 5.77. The molecule has 14 heavy (non-hydrogen) atoms. The third kappa shape index (κ3) is 3.79. The molecule has 1 unspecified atom stereocenters. The van der Waals surface area contributed by atoms with Crippen LogP contribution in [0.3, 0.4) is 0 Å². The van der Waals surface area contributed by atoms with Crippen molar-refractivity contribution >= 4 is 6.29 Å². The minimum absolute atomic E-state index is 0.0805. The molecule has 0 bridgehead atoms. The number of aldehydes is 1. The van der Waals surface area contributed by atoms with Gasteiger partial charge in [-0.3, -0.25) is 0 Å². The zero-order valence-electron chi connectivity index (χ0n) is 9.37. The van der Waals surface area contributed by atoms with Crippen LogP contribution in [0, 0.1) is 11.8 Å². The summed E-state index contributed by atoms with van der Waals surface area (Å²) in [5.41, 5.74) is 0. The van der Waals surface area contributed by atoms with Gasteiger partial charge in [-0.1, -0.05) is 33.1 Å². The number of ether oxygens (including phenoxy) is 1. The minimum atomic E-state index is 0.0805. The highest BCUT2D eigenvalue weighted by atomic mass is 16.5. The molecule has 1 aliphatic carbocycles. The third-order valence-electron chi connectivity index (χ3n) is 3.11. The second-order valence-corrected chi connectivity index (χ2v) is 4.64. The van der Waals surface area contributed by atoms with E-state index in [9.17, 15) is 4.79 Å². The van der Waals surface area contributed by atoms with Crippen molar-refractivity contribution in [3.8, 4) is 0 Å². The van der Waals surface area contributed by atoms with Gasteiger partial charge in [-0.2, -0.15) is 0 Å². The highest BCUT2D eigenvalue weighted by Crippen LogP contribution is 2.21. The van der Waals surface area contributed by atoms with Crippen LogP contribution in [0.25, 0.3) is 0 Å². The van der Waals surface area contributed by atoms with E-state index in [1.165, 1.54) is 32.1 Å². The summed E-state index contributed by atoms with van der Waals surface area (Å²) in [4.78, 5) is 10.7. The molecule has 0 heterocycles. The lowest BCUT2D eigenvalue weighted by Crippen LogP contribution is -2.24. The molecule has 0 aliphatic heterocycles. The molecule has 1 aliphatic rings. The lowest BCUT2D eigenvalue weighted by atomic mass is 9.96. The van der Waals surface area contributed by atoms with Crippen LogP contribution in [-0.4, -0.2) is 19.0 Å². The van der Waals surface area contributed by atoms with Crippen molar-refractivity contribution in [3.63, 3.8) is 0 Å². The predicted molar refractivity (Wildman–Crippen MR) is 57.2 cm³/mol. The first-order chi connectivity index (χ1) is 6.74. The molecule has 0 aromatic carbocycles. The summed E-state index contributed by atoms with van der Waals surface area (Å²) >= 11 is 0. The van der Waals surface area contributed by atoms with Crippen molar-refractivity contribution in [2.24, 2.45) is 11.8 Å². The molecule has 0 saturated heterocycles. The van der Waals surface area contributed by atoms with E-state index in [2.05, 4.69) is 13.8 Å². The molecule has 2 heteroatoms. The van der Waals surface area contributed by atoms with Crippen LogP contribution >= 0.6 is 0 Å². The van der Waals surface area contributed by atoms with Crippen LogP contribution in [0.15, 0.2) is 0 Å². The van der Waals surface area contributed by atoms with Gasteiger partial charge in [0.2, 0.25) is 0 Å². The quantitative estimate of drug-likeness (QED) is 0.635. The Bertz CT molecular complexity index is 160. The zero-order chi connectivity index (χ0) is 10.4. The maximum Gasteiger partial charge on any atom is 0.125 e. The van der Waals surface area contributed by atoms with Crippen LogP contribution in [-0.2, 0) is 9.53 Å². The van der Waals surface area contributed by atoms with E-state index in [-0.39, 0.29) is 5.92 Å². The molecule has 0 aromatic rings. The van der Waals surface area contributed by atoms with Gasteiger partial charge in [-0.25, -0.2) is 0 Å². The van der Waals surface area contributed by atoms with Gasteiger partial charge in [-0.05, 0) is 18.8 Å². The number of carbonyl (C=O) groups excluding carboxylic acids is 1. The van der Waals surface area contributed by atoms with Crippen LogP contribution in [0.4, 0.5) is 0 Å². The molecule has 1 atom stereocenters. The summed E-state index contributed by atoms with van der Waals surface area (Å²) in [6.07, 6.45) is 7.75. The van der Waals surface area contributed by atoms with Crippen molar-refractivity contribution in [2.45, 2.75) is 52.1 Å². The predicted octanol–water partition coefficient (Wildman–Crippen LogP) is 2.81. The number of hydrogen-bond acceptors (Lipinski definition) is 2. The molecule has 82 valence electrons. The Labute approximate surface area is 87.0 Å². The Morgan fingerprint density at radius 2 is 1.93 bits per heavy atom. The molecule has 0 N–H and O–H groups in total. The Hall–Kier alpha value is -0.370. The van der Waals surface area contributed by atoms with Gasteiger partial charge in [0, 0.05) is 5.92 Å². The van der Waals surface area contributed by atoms with Gasteiger partial charge in [-0.15, -0.1) is 0 Å². The van der Waals surface area contributed by atoms with Crippen molar-refractivity contribution in [1.82, 2.24) is 0 Å². The van der Waals surface area contributed by atoms with Crippen LogP contribution in [0.2, 0.25) is 0 Å². The first-order valence-corrected chi connectivity index (χ1v) is 5.81. The molecule has 0 spiro atoms. The molecule has 0 aromatic heterocycles. The maximum absolute atomic E-state index is 10.7. The van der Waals surface area contributed by atoms with Gasteiger partial charge in [0.05, 0.1) is 12.7 Å². The Balaban J connectivity index is 2.20. The van der Waals surface area contributed by atoms with Crippen molar-refractivity contribution < 1.29 is 9.53 Å². The lowest BCUT2D eigenvalue weighted by molar-refractivity contribution is -0.115. The summed E-state index contributed by atoms with van der Waals surface area (Å²) in [5.74, 6) is 0.480. The van der Waals surface area contributed by atoms with E-state index in [0.717, 1.165) is 6.29 Å². The molecule has 1 saturated carbocycles. The smallest absolute Gasteiger partial charge is 0.125 e. The summed E-state index contributed by atoms with van der Waals surface area (Å²) in [6, 6.07) is 0. The molecular weight excluding hydrogens is 176 g/mol. The van der Waals surface area contributed by atoms with Gasteiger partial charge >= 0.3 is 0 Å². The molecule has 2 nitrogen and oxygen atoms in total. The maximum atomic E-state index is 10.7. The molecule has 0 radical (unpaired) electrons. The minimum Gasteiger partial charge on any atom is -0.377 e. The van der Waals surface area contributed by atoms with E-state index in [0.29, 0.717) is 18.6 Å². The highest BCUT2D eigenvalue weighted by Gasteiger charge is 2.17. The van der Waals surface area contributed by atoms with Crippen molar-refractivity contribution in [3.05, 3.63) is 0 Å². The van der Waals surface area contributed by atoms with Gasteiger partial charge in [0.25, 0.3) is 0 Å². The third-order valence-corrected chi connectivity index (χ3v) is 3.11. The van der Waals surface area contributed by atoms with Crippen molar-refractivity contribution in [2.75, 3.05) is 6.61 Å². The van der Waals surface area contributed by atoms with Gasteiger partial charge in [0.15, 0.2) is 0 Å². The second kappa shape index (κ2) is 6.18. The Morgan fingerprint density at radius 1 is 1.29 bits per heavy atom. The SMILES string of the molecule is CC(C)C(C=O)COC1CCCCC1. The Morgan fingerprint density at radius 3 is 2.43 bits per heavy atom. The van der Waals surface area contributed by atoms with Gasteiger partial charge in [0.1, 0.15) is 6.29 Å². The summed E-state index contributed by atoms with van der Waals surface area (Å²) in [7, 11) is 0. The average Bonchev–Trinajstić information content (AvgIpc) is 2.20. The zero-order valence-corrected chi connectivity index (χ0v) is 9.37. The van der Waals surface area contributed by atoms with Crippen LogP contribution in [0.1, 0.15) is 46.0 Å². The lowest BCUT2D eigenvalue weighted by Gasteiger charge is -2.24. The first kappa shape index (κ1) is 11.7. The molecule has 0 amide bonds. The fraction of sp³-hybridized carbons (Fsp3) is 0.917. The first-order valence-electron chi connectivity index (χ1n) is 5.81. The average molecular weight is 198 g/mol. The van der Waals surface area contributed by atoms with Gasteiger partial charge < -0.3 is 9.53 Å². The number of rotatable bonds is 5. The standard InChI is InChI=1S/C12H22O2/c1-10(2)11(8-13)9-14-12-6-4-3-5-7-12/h8,10-12H,3-7,9H2,1-2H3. The summed E-state index contributed by atoms with van der Waals surface area (Å²) in [5, 5.41) is 0. The topological polar surface area (TPSA) is 26.3 Å². The summed E-state index contributed by atoms with van der Waals surface area (Å²) in [6.45, 7) is 4.76. The fourth-order valence-electron chi connectivity index (χ4n) is 1.87. The van der Waals surface area contributed by atoms with Crippen LogP contribution in [0.5, 0.6) is 0 Å². The van der Waals surface area contributed by atoms with E-state index < -0.39 is 0 Å². The largest absolute Gasteiger partial charge is 0.377 e. The molecule has 1 fully saturated rings. The normalized spacial score (nSPS) is 21.1. The Kier molecular flexibility index (Phi) is 5.16. The highest BCUT2D eigenvalue weighted by molar-refractivity contribution is 5.53.